The van der Waals surface area contributed by atoms with E-state index in [1.807, 2.05) is 0 Å². The molecule has 0 aliphatic carbocycles. The van der Waals surface area contributed by atoms with Crippen LogP contribution in [-0.2, 0) is 10.0 Å². The molecule has 0 saturated carbocycles. The number of hydrogen-bond acceptors (Lipinski definition) is 7. The zero-order chi connectivity index (χ0) is 26.9. The summed E-state index contributed by atoms with van der Waals surface area (Å²) in [6.07, 6.45) is -1.18. The van der Waals surface area contributed by atoms with Gasteiger partial charge < -0.3 is 14.6 Å². The normalized spacial score (nSPS) is 11.3. The van der Waals surface area contributed by atoms with E-state index in [-0.39, 0.29) is 21.9 Å². The first-order valence-electron chi connectivity index (χ1n) is 11.3. The van der Waals surface area contributed by atoms with Crippen LogP contribution in [0.25, 0.3) is 21.8 Å². The first kappa shape index (κ1) is 24.7. The van der Waals surface area contributed by atoms with Crippen molar-refractivity contribution in [2.24, 2.45) is 0 Å². The number of amides is 1. The number of aromatic nitrogens is 1. The van der Waals surface area contributed by atoms with Crippen LogP contribution in [-0.4, -0.2) is 37.7 Å². The van der Waals surface area contributed by atoms with Crippen LogP contribution in [0.2, 0.25) is 0 Å². The number of ether oxygens (including phenoxy) is 2. The van der Waals surface area contributed by atoms with Crippen molar-refractivity contribution in [3.63, 3.8) is 0 Å². The third kappa shape index (κ3) is 4.48. The van der Waals surface area contributed by atoms with Crippen molar-refractivity contribution in [3.8, 4) is 11.5 Å². The lowest BCUT2D eigenvalue weighted by Gasteiger charge is -2.23. The van der Waals surface area contributed by atoms with Crippen molar-refractivity contribution < 1.29 is 32.6 Å². The van der Waals surface area contributed by atoms with Crippen LogP contribution >= 0.6 is 0 Å². The smallest absolute Gasteiger partial charge is 0.434 e. The van der Waals surface area contributed by atoms with Gasteiger partial charge in [0.25, 0.3) is 10.0 Å². The Morgan fingerprint density at radius 2 is 1.34 bits per heavy atom. The standard InChI is InChI=1S/C28H20N2O7S/c1-36-20-14-12-19(13-15-20)30(38(34,35)21-16-10-18(11-17-21)27(31)32)28(33)37-26-22-6-2-4-8-24(22)29-25-9-5-3-7-23(25)26/h2-17H,1H3,(H,31,32). The first-order valence-corrected chi connectivity index (χ1v) is 12.8. The van der Waals surface area contributed by atoms with E-state index in [2.05, 4.69) is 4.98 Å². The van der Waals surface area contributed by atoms with Crippen molar-refractivity contribution in [1.29, 1.82) is 0 Å². The minimum atomic E-state index is -4.53. The minimum absolute atomic E-state index is 0.000721. The number of para-hydroxylation sites is 2. The second-order valence-corrected chi connectivity index (χ2v) is 9.93. The lowest BCUT2D eigenvalue weighted by Crippen LogP contribution is -2.39. The number of methoxy groups -OCH3 is 1. The van der Waals surface area contributed by atoms with Crippen LogP contribution in [0.5, 0.6) is 11.5 Å². The quantitative estimate of drug-likeness (QED) is 0.287. The number of carboxylic acid groups (broad SMARTS) is 1. The number of fused-ring (bicyclic) bond motifs is 2. The SMILES string of the molecule is COc1ccc(N(C(=O)Oc2c3ccccc3nc3ccccc23)S(=O)(=O)c2ccc(C(=O)O)cc2)cc1. The number of sulfonamides is 1. The van der Waals surface area contributed by atoms with E-state index >= 15 is 0 Å². The van der Waals surface area contributed by atoms with E-state index in [9.17, 15) is 23.1 Å². The van der Waals surface area contributed by atoms with Gasteiger partial charge in [0.1, 0.15) is 5.75 Å². The summed E-state index contributed by atoms with van der Waals surface area (Å²) in [5.41, 5.74) is 1.03. The van der Waals surface area contributed by atoms with E-state index in [0.29, 0.717) is 31.9 Å². The molecule has 10 heteroatoms. The maximum Gasteiger partial charge on any atom is 0.434 e. The van der Waals surface area contributed by atoms with Crippen LogP contribution in [0, 0.1) is 0 Å². The van der Waals surface area contributed by atoms with Gasteiger partial charge in [0.05, 0.1) is 34.3 Å². The number of aromatic carboxylic acids is 1. The van der Waals surface area contributed by atoms with Gasteiger partial charge >= 0.3 is 12.1 Å². The molecule has 1 aromatic heterocycles. The maximum atomic E-state index is 13.8. The van der Waals surface area contributed by atoms with Crippen molar-refractivity contribution in [1.82, 2.24) is 4.98 Å². The van der Waals surface area contributed by atoms with Gasteiger partial charge in [0.2, 0.25) is 0 Å². The highest BCUT2D eigenvalue weighted by Gasteiger charge is 2.34. The summed E-state index contributed by atoms with van der Waals surface area (Å²) < 4.78 is 39.0. The van der Waals surface area contributed by atoms with Gasteiger partial charge in [-0.3, -0.25) is 0 Å². The first-order chi connectivity index (χ1) is 18.3. The Balaban J connectivity index is 1.65. The number of carbonyl (C=O) groups excluding carboxylic acids is 1. The molecule has 4 aromatic carbocycles. The fraction of sp³-hybridized carbons (Fsp3) is 0.0357. The molecule has 1 amide bonds. The fourth-order valence-corrected chi connectivity index (χ4v) is 5.30. The number of rotatable bonds is 6. The zero-order valence-corrected chi connectivity index (χ0v) is 20.8. The van der Waals surface area contributed by atoms with Gasteiger partial charge in [-0.2, -0.15) is 4.31 Å². The highest BCUT2D eigenvalue weighted by molar-refractivity contribution is 7.93. The van der Waals surface area contributed by atoms with Crippen molar-refractivity contribution in [3.05, 3.63) is 103 Å². The molecule has 9 nitrogen and oxygen atoms in total. The predicted octanol–water partition coefficient (Wildman–Crippen LogP) is 5.49. The molecular weight excluding hydrogens is 508 g/mol. The average molecular weight is 529 g/mol. The molecule has 5 rings (SSSR count). The third-order valence-electron chi connectivity index (χ3n) is 5.84. The Morgan fingerprint density at radius 1 is 0.789 bits per heavy atom. The predicted molar refractivity (Wildman–Crippen MR) is 141 cm³/mol. The molecule has 190 valence electrons. The molecule has 0 radical (unpaired) electrons. The summed E-state index contributed by atoms with van der Waals surface area (Å²) in [6.45, 7) is 0. The lowest BCUT2D eigenvalue weighted by molar-refractivity contribution is 0.0696. The molecule has 0 spiro atoms. The zero-order valence-electron chi connectivity index (χ0n) is 19.9. The molecule has 38 heavy (non-hydrogen) atoms. The van der Waals surface area contributed by atoms with Crippen LogP contribution in [0.1, 0.15) is 10.4 Å². The molecule has 1 N–H and O–H groups in total. The maximum absolute atomic E-state index is 13.8. The molecule has 5 aromatic rings. The van der Waals surface area contributed by atoms with Crippen molar-refractivity contribution in [2.45, 2.75) is 4.90 Å². The van der Waals surface area contributed by atoms with Gasteiger partial charge in [-0.25, -0.2) is 23.0 Å². The highest BCUT2D eigenvalue weighted by atomic mass is 32.2. The summed E-state index contributed by atoms with van der Waals surface area (Å²) >= 11 is 0. The van der Waals surface area contributed by atoms with E-state index in [4.69, 9.17) is 9.47 Å². The molecular formula is C28H20N2O7S. The summed E-state index contributed by atoms with van der Waals surface area (Å²) in [4.78, 5) is 29.3. The summed E-state index contributed by atoms with van der Waals surface area (Å²) in [5, 5.41) is 10.2. The second-order valence-electron chi connectivity index (χ2n) is 8.14. The van der Waals surface area contributed by atoms with Gasteiger partial charge in [0, 0.05) is 10.8 Å². The number of carboxylic acids is 1. The van der Waals surface area contributed by atoms with Crippen LogP contribution in [0.4, 0.5) is 10.5 Å². The topological polar surface area (TPSA) is 123 Å². The average Bonchev–Trinajstić information content (AvgIpc) is 2.93. The molecule has 0 unspecified atom stereocenters. The van der Waals surface area contributed by atoms with Gasteiger partial charge in [-0.15, -0.1) is 0 Å². The summed E-state index contributed by atoms with van der Waals surface area (Å²) in [5.74, 6) is -0.598. The summed E-state index contributed by atoms with van der Waals surface area (Å²) in [6, 6.07) is 24.5. The largest absolute Gasteiger partial charge is 0.497 e. The molecule has 0 aliphatic heterocycles. The number of pyridine rings is 1. The number of hydrogen-bond donors (Lipinski definition) is 1. The second kappa shape index (κ2) is 9.83. The summed E-state index contributed by atoms with van der Waals surface area (Å²) in [7, 11) is -3.07. The Bertz CT molecular complexity index is 1730. The van der Waals surface area contributed by atoms with Crippen LogP contribution < -0.4 is 13.8 Å². The molecule has 0 bridgehead atoms. The van der Waals surface area contributed by atoms with Crippen LogP contribution in [0.15, 0.2) is 102 Å². The Kier molecular flexibility index (Phi) is 6.39. The van der Waals surface area contributed by atoms with E-state index in [0.717, 1.165) is 24.3 Å². The lowest BCUT2D eigenvalue weighted by atomic mass is 10.1. The molecule has 0 saturated heterocycles. The molecule has 0 fully saturated rings. The highest BCUT2D eigenvalue weighted by Crippen LogP contribution is 2.35. The van der Waals surface area contributed by atoms with Gasteiger partial charge in [-0.1, -0.05) is 24.3 Å². The fourth-order valence-electron chi connectivity index (χ4n) is 3.97. The Labute approximate surface area is 217 Å². The Morgan fingerprint density at radius 3 is 1.87 bits per heavy atom. The van der Waals surface area contributed by atoms with Crippen molar-refractivity contribution in [2.75, 3.05) is 11.4 Å². The van der Waals surface area contributed by atoms with Crippen LogP contribution in [0.3, 0.4) is 0 Å². The number of anilines is 1. The minimum Gasteiger partial charge on any atom is -0.497 e. The monoisotopic (exact) mass is 528 g/mol. The van der Waals surface area contributed by atoms with E-state index in [1.165, 1.54) is 31.4 Å². The molecule has 0 atom stereocenters. The number of nitrogens with zero attached hydrogens (tertiary/aromatic N) is 2. The third-order valence-corrected chi connectivity index (χ3v) is 7.55. The van der Waals surface area contributed by atoms with Gasteiger partial charge in [-0.05, 0) is 72.8 Å². The van der Waals surface area contributed by atoms with E-state index < -0.39 is 22.1 Å². The number of benzene rings is 4. The van der Waals surface area contributed by atoms with E-state index in [1.54, 1.807) is 48.5 Å². The molecule has 1 heterocycles. The van der Waals surface area contributed by atoms with Crippen molar-refractivity contribution >= 4 is 49.6 Å². The number of carbonyl (C=O) groups is 2. The Hall–Kier alpha value is -4.96. The molecule has 0 aliphatic rings. The van der Waals surface area contributed by atoms with Gasteiger partial charge in [0.15, 0.2) is 5.75 Å².